The van der Waals surface area contributed by atoms with Gasteiger partial charge in [-0.1, -0.05) is 30.3 Å². The van der Waals surface area contributed by atoms with Crippen LogP contribution in [0.4, 0.5) is 0 Å². The number of amides is 1. The number of fused-ring (bicyclic) bond motifs is 1. The van der Waals surface area contributed by atoms with E-state index in [1.807, 2.05) is 12.1 Å². The van der Waals surface area contributed by atoms with Gasteiger partial charge in [-0.3, -0.25) is 4.79 Å². The van der Waals surface area contributed by atoms with Gasteiger partial charge in [0.2, 0.25) is 5.91 Å². The van der Waals surface area contributed by atoms with Crippen LogP contribution in [-0.4, -0.2) is 28.1 Å². The molecule has 3 N–H and O–H groups in total. The molecule has 2 aromatic rings. The third-order valence-electron chi connectivity index (χ3n) is 3.09. The van der Waals surface area contributed by atoms with Crippen molar-refractivity contribution < 1.29 is 19.8 Å². The Morgan fingerprint density at radius 3 is 2.40 bits per heavy atom. The maximum Gasteiger partial charge on any atom is 0.326 e. The number of phenols is 1. The van der Waals surface area contributed by atoms with E-state index in [1.54, 1.807) is 18.2 Å². The summed E-state index contributed by atoms with van der Waals surface area (Å²) in [6.07, 6.45) is 0.162. The SMILES string of the molecule is CC(=O)NC(Cc1ccc(O)c2ccccc12)C(=O)O. The second-order valence-electron chi connectivity index (χ2n) is 4.58. The molecule has 0 spiro atoms. The van der Waals surface area contributed by atoms with Crippen LogP contribution in [0.5, 0.6) is 5.75 Å². The zero-order valence-electron chi connectivity index (χ0n) is 11.0. The van der Waals surface area contributed by atoms with Gasteiger partial charge in [0, 0.05) is 18.7 Å². The summed E-state index contributed by atoms with van der Waals surface area (Å²) >= 11 is 0. The van der Waals surface area contributed by atoms with Crippen LogP contribution in [0, 0.1) is 0 Å². The van der Waals surface area contributed by atoms with Gasteiger partial charge in [-0.25, -0.2) is 4.79 Å². The summed E-state index contributed by atoms with van der Waals surface area (Å²) in [6.45, 7) is 1.28. The molecular weight excluding hydrogens is 258 g/mol. The third-order valence-corrected chi connectivity index (χ3v) is 3.09. The minimum atomic E-state index is -1.09. The van der Waals surface area contributed by atoms with Gasteiger partial charge in [0.25, 0.3) is 0 Å². The Labute approximate surface area is 115 Å². The Bertz CT molecular complexity index is 666. The number of rotatable bonds is 4. The second kappa shape index (κ2) is 5.61. The number of phenolic OH excluding ortho intramolecular Hbond substituents is 1. The monoisotopic (exact) mass is 273 g/mol. The smallest absolute Gasteiger partial charge is 0.326 e. The van der Waals surface area contributed by atoms with Crippen molar-refractivity contribution in [2.75, 3.05) is 0 Å². The van der Waals surface area contributed by atoms with Crippen molar-refractivity contribution in [2.45, 2.75) is 19.4 Å². The number of aromatic hydroxyl groups is 1. The maximum absolute atomic E-state index is 11.2. The predicted octanol–water partition coefficient (Wildman–Crippen LogP) is 1.68. The Hall–Kier alpha value is -2.56. The summed E-state index contributed by atoms with van der Waals surface area (Å²) in [5.41, 5.74) is 0.763. The summed E-state index contributed by atoms with van der Waals surface area (Å²) in [5.74, 6) is -1.33. The molecule has 20 heavy (non-hydrogen) atoms. The number of nitrogens with one attached hydrogen (secondary N) is 1. The van der Waals surface area contributed by atoms with Gasteiger partial charge in [0.05, 0.1) is 0 Å². The maximum atomic E-state index is 11.2. The quantitative estimate of drug-likeness (QED) is 0.791. The lowest BCUT2D eigenvalue weighted by molar-refractivity contribution is -0.141. The van der Waals surface area contributed by atoms with E-state index in [0.717, 1.165) is 10.9 Å². The Morgan fingerprint density at radius 1 is 1.15 bits per heavy atom. The minimum Gasteiger partial charge on any atom is -0.507 e. The van der Waals surface area contributed by atoms with Crippen LogP contribution in [0.3, 0.4) is 0 Å². The van der Waals surface area contributed by atoms with E-state index < -0.39 is 12.0 Å². The van der Waals surface area contributed by atoms with Gasteiger partial charge in [-0.15, -0.1) is 0 Å². The van der Waals surface area contributed by atoms with E-state index in [-0.39, 0.29) is 18.1 Å². The molecule has 1 amide bonds. The highest BCUT2D eigenvalue weighted by atomic mass is 16.4. The highest BCUT2D eigenvalue weighted by Gasteiger charge is 2.20. The van der Waals surface area contributed by atoms with E-state index in [9.17, 15) is 14.7 Å². The van der Waals surface area contributed by atoms with Crippen LogP contribution < -0.4 is 5.32 Å². The Morgan fingerprint density at radius 2 is 1.80 bits per heavy atom. The molecule has 5 nitrogen and oxygen atoms in total. The fourth-order valence-electron chi connectivity index (χ4n) is 2.19. The average molecular weight is 273 g/mol. The summed E-state index contributed by atoms with van der Waals surface area (Å²) in [7, 11) is 0. The van der Waals surface area contributed by atoms with Gasteiger partial charge in [0.1, 0.15) is 11.8 Å². The largest absolute Gasteiger partial charge is 0.507 e. The standard InChI is InChI=1S/C15H15NO4/c1-9(17)16-13(15(19)20)8-10-6-7-14(18)12-5-3-2-4-11(10)12/h2-7,13,18H,8H2,1H3,(H,16,17)(H,19,20). The van der Waals surface area contributed by atoms with Crippen LogP contribution >= 0.6 is 0 Å². The summed E-state index contributed by atoms with van der Waals surface area (Å²) in [5, 5.41) is 22.8. The summed E-state index contributed by atoms with van der Waals surface area (Å²) < 4.78 is 0. The zero-order chi connectivity index (χ0) is 14.7. The van der Waals surface area contributed by atoms with Crippen molar-refractivity contribution in [3.63, 3.8) is 0 Å². The van der Waals surface area contributed by atoms with E-state index >= 15 is 0 Å². The number of hydrogen-bond acceptors (Lipinski definition) is 3. The lowest BCUT2D eigenvalue weighted by atomic mass is 9.98. The van der Waals surface area contributed by atoms with Gasteiger partial charge >= 0.3 is 5.97 Å². The topological polar surface area (TPSA) is 86.6 Å². The molecule has 0 aliphatic rings. The van der Waals surface area contributed by atoms with Crippen molar-refractivity contribution in [1.29, 1.82) is 0 Å². The minimum absolute atomic E-state index is 0.149. The highest BCUT2D eigenvalue weighted by Crippen LogP contribution is 2.28. The van der Waals surface area contributed by atoms with Gasteiger partial charge in [-0.2, -0.15) is 0 Å². The van der Waals surface area contributed by atoms with Crippen molar-refractivity contribution >= 4 is 22.6 Å². The van der Waals surface area contributed by atoms with E-state index in [0.29, 0.717) is 5.39 Å². The molecule has 0 saturated carbocycles. The first kappa shape index (κ1) is 13.9. The number of aliphatic carboxylic acids is 1. The molecule has 1 atom stereocenters. The van der Waals surface area contributed by atoms with E-state index in [2.05, 4.69) is 5.32 Å². The Kier molecular flexibility index (Phi) is 3.89. The average Bonchev–Trinajstić information content (AvgIpc) is 2.40. The molecule has 0 bridgehead atoms. The van der Waals surface area contributed by atoms with Crippen LogP contribution in [0.25, 0.3) is 10.8 Å². The number of hydrogen-bond donors (Lipinski definition) is 3. The van der Waals surface area contributed by atoms with Crippen molar-refractivity contribution in [2.24, 2.45) is 0 Å². The van der Waals surface area contributed by atoms with Crippen LogP contribution in [0.1, 0.15) is 12.5 Å². The van der Waals surface area contributed by atoms with Gasteiger partial charge in [0.15, 0.2) is 0 Å². The molecular formula is C15H15NO4. The predicted molar refractivity (Wildman–Crippen MR) is 74.6 cm³/mol. The van der Waals surface area contributed by atoms with Crippen molar-refractivity contribution in [3.8, 4) is 5.75 Å². The zero-order valence-corrected chi connectivity index (χ0v) is 11.0. The number of carbonyl (C=O) groups excluding carboxylic acids is 1. The molecule has 2 rings (SSSR count). The molecule has 0 fully saturated rings. The second-order valence-corrected chi connectivity index (χ2v) is 4.58. The Balaban J connectivity index is 2.40. The first-order valence-corrected chi connectivity index (χ1v) is 6.18. The number of carbonyl (C=O) groups is 2. The van der Waals surface area contributed by atoms with Crippen LogP contribution in [0.2, 0.25) is 0 Å². The lowest BCUT2D eigenvalue weighted by Crippen LogP contribution is -2.41. The summed E-state index contributed by atoms with van der Waals surface area (Å²) in [4.78, 5) is 22.2. The lowest BCUT2D eigenvalue weighted by Gasteiger charge is -2.15. The number of carboxylic acids is 1. The molecule has 0 aromatic heterocycles. The van der Waals surface area contributed by atoms with Gasteiger partial charge < -0.3 is 15.5 Å². The first-order valence-electron chi connectivity index (χ1n) is 6.18. The van der Waals surface area contributed by atoms with E-state index in [1.165, 1.54) is 13.0 Å². The van der Waals surface area contributed by atoms with Crippen LogP contribution in [0.15, 0.2) is 36.4 Å². The molecule has 5 heteroatoms. The molecule has 2 aromatic carbocycles. The van der Waals surface area contributed by atoms with Crippen molar-refractivity contribution in [1.82, 2.24) is 5.32 Å². The van der Waals surface area contributed by atoms with E-state index in [4.69, 9.17) is 5.11 Å². The van der Waals surface area contributed by atoms with Crippen LogP contribution in [-0.2, 0) is 16.0 Å². The number of benzene rings is 2. The molecule has 0 radical (unpaired) electrons. The fourth-order valence-corrected chi connectivity index (χ4v) is 2.19. The molecule has 0 heterocycles. The molecule has 0 saturated heterocycles. The number of carboxylic acid groups (broad SMARTS) is 1. The molecule has 1 unspecified atom stereocenters. The van der Waals surface area contributed by atoms with Crippen molar-refractivity contribution in [3.05, 3.63) is 42.0 Å². The third kappa shape index (κ3) is 2.88. The first-order chi connectivity index (χ1) is 9.49. The fraction of sp³-hybridized carbons (Fsp3) is 0.200. The van der Waals surface area contributed by atoms with Gasteiger partial charge in [-0.05, 0) is 17.0 Å². The highest BCUT2D eigenvalue weighted by molar-refractivity contribution is 5.91. The normalized spacial score (nSPS) is 12.1. The molecule has 104 valence electrons. The molecule has 0 aliphatic carbocycles. The summed E-state index contributed by atoms with van der Waals surface area (Å²) in [6, 6.07) is 9.42. The molecule has 0 aliphatic heterocycles.